The minimum absolute atomic E-state index is 0.102. The van der Waals surface area contributed by atoms with Gasteiger partial charge in [-0.1, -0.05) is 0 Å². The molecule has 0 saturated heterocycles. The Morgan fingerprint density at radius 1 is 1.47 bits per heavy atom. The fourth-order valence-corrected chi connectivity index (χ4v) is 1.68. The fraction of sp³-hybridized carbons (Fsp3) is 0.273. The summed E-state index contributed by atoms with van der Waals surface area (Å²) in [5.74, 6) is -3.44. The second kappa shape index (κ2) is 4.12. The Morgan fingerprint density at radius 2 is 2.18 bits per heavy atom. The van der Waals surface area contributed by atoms with Crippen LogP contribution < -0.4 is 10.1 Å². The quantitative estimate of drug-likeness (QED) is 0.626. The molecule has 0 saturated carbocycles. The van der Waals surface area contributed by atoms with E-state index >= 15 is 0 Å². The molecule has 2 rings (SSSR count). The lowest BCUT2D eigenvalue weighted by Gasteiger charge is -2.31. The van der Waals surface area contributed by atoms with E-state index in [1.54, 1.807) is 6.92 Å². The van der Waals surface area contributed by atoms with Gasteiger partial charge in [-0.15, -0.1) is 0 Å². The van der Waals surface area contributed by atoms with Crippen molar-refractivity contribution in [2.75, 3.05) is 5.32 Å². The zero-order valence-corrected chi connectivity index (χ0v) is 8.87. The van der Waals surface area contributed by atoms with Crippen molar-refractivity contribution in [2.24, 2.45) is 0 Å². The molecule has 1 aliphatic rings. The van der Waals surface area contributed by atoms with E-state index in [1.807, 2.05) is 0 Å². The molecule has 6 heteroatoms. The van der Waals surface area contributed by atoms with E-state index in [4.69, 9.17) is 4.74 Å². The van der Waals surface area contributed by atoms with Crippen molar-refractivity contribution in [3.05, 3.63) is 23.8 Å². The van der Waals surface area contributed by atoms with Crippen molar-refractivity contribution < 1.29 is 23.1 Å². The summed E-state index contributed by atoms with van der Waals surface area (Å²) in [4.78, 5) is 21.6. The maximum Gasteiger partial charge on any atom is 0.237 e. The molecule has 0 radical (unpaired) electrons. The van der Waals surface area contributed by atoms with E-state index in [0.717, 1.165) is 6.07 Å². The molecule has 90 valence electrons. The number of hydrogen-bond acceptors (Lipinski definition) is 4. The van der Waals surface area contributed by atoms with Gasteiger partial charge in [-0.25, -0.2) is 4.39 Å². The molecule has 1 N–H and O–H groups in total. The van der Waals surface area contributed by atoms with Gasteiger partial charge in [0.25, 0.3) is 0 Å². The van der Waals surface area contributed by atoms with Gasteiger partial charge in [0.2, 0.25) is 11.6 Å². The second-order valence-corrected chi connectivity index (χ2v) is 3.73. The Hall–Kier alpha value is -1.98. The first-order valence-corrected chi connectivity index (χ1v) is 4.95. The Balaban J connectivity index is 2.42. The van der Waals surface area contributed by atoms with Gasteiger partial charge in [-0.3, -0.25) is 9.59 Å². The number of ether oxygens (including phenoxy) is 1. The number of benzene rings is 1. The standard InChI is InChI=1S/C11H9F2NO3/c1-5-10(8(16)4-15)17-11-7(14-5)3-2-6(12)9(11)13/h2-5,10,14H,1H3. The maximum atomic E-state index is 13.4. The van der Waals surface area contributed by atoms with Gasteiger partial charge < -0.3 is 10.1 Å². The van der Waals surface area contributed by atoms with Gasteiger partial charge >= 0.3 is 0 Å². The lowest BCUT2D eigenvalue weighted by molar-refractivity contribution is -0.135. The number of halogens is 2. The molecule has 0 fully saturated rings. The van der Waals surface area contributed by atoms with E-state index < -0.39 is 29.6 Å². The third-order valence-electron chi connectivity index (χ3n) is 2.53. The molecule has 1 aromatic carbocycles. The van der Waals surface area contributed by atoms with Crippen LogP contribution in [0.5, 0.6) is 5.75 Å². The van der Waals surface area contributed by atoms with E-state index in [-0.39, 0.29) is 17.7 Å². The molecular weight excluding hydrogens is 232 g/mol. The molecule has 0 spiro atoms. The largest absolute Gasteiger partial charge is 0.475 e. The average molecular weight is 241 g/mol. The van der Waals surface area contributed by atoms with Crippen molar-refractivity contribution in [3.63, 3.8) is 0 Å². The first kappa shape index (κ1) is 11.5. The van der Waals surface area contributed by atoms with Gasteiger partial charge in [0.15, 0.2) is 24.0 Å². The van der Waals surface area contributed by atoms with Crippen molar-refractivity contribution in [1.82, 2.24) is 0 Å². The lowest BCUT2D eigenvalue weighted by atomic mass is 10.1. The minimum Gasteiger partial charge on any atom is -0.475 e. The zero-order chi connectivity index (χ0) is 12.6. The lowest BCUT2D eigenvalue weighted by Crippen LogP contribution is -2.45. The molecule has 0 aromatic heterocycles. The van der Waals surface area contributed by atoms with Crippen LogP contribution in [0.4, 0.5) is 14.5 Å². The summed E-state index contributed by atoms with van der Waals surface area (Å²) in [5, 5.41) is 2.78. The highest BCUT2D eigenvalue weighted by Crippen LogP contribution is 2.35. The summed E-state index contributed by atoms with van der Waals surface area (Å²) in [6, 6.07) is 1.77. The predicted octanol–water partition coefficient (Wildman–Crippen LogP) is 1.29. The Morgan fingerprint density at radius 3 is 2.82 bits per heavy atom. The number of carbonyl (C=O) groups excluding carboxylic acids is 2. The topological polar surface area (TPSA) is 55.4 Å². The minimum atomic E-state index is -1.18. The highest BCUT2D eigenvalue weighted by Gasteiger charge is 2.34. The van der Waals surface area contributed by atoms with Gasteiger partial charge in [0, 0.05) is 0 Å². The van der Waals surface area contributed by atoms with E-state index in [0.29, 0.717) is 0 Å². The molecule has 1 heterocycles. The molecule has 17 heavy (non-hydrogen) atoms. The molecule has 2 atom stereocenters. The van der Waals surface area contributed by atoms with Crippen molar-refractivity contribution in [3.8, 4) is 5.75 Å². The van der Waals surface area contributed by atoms with Crippen molar-refractivity contribution in [1.29, 1.82) is 0 Å². The number of carbonyl (C=O) groups is 2. The number of anilines is 1. The van der Waals surface area contributed by atoms with Crippen LogP contribution in [-0.2, 0) is 9.59 Å². The highest BCUT2D eigenvalue weighted by atomic mass is 19.2. The summed E-state index contributed by atoms with van der Waals surface area (Å²) in [7, 11) is 0. The van der Waals surface area contributed by atoms with Crippen LogP contribution >= 0.6 is 0 Å². The Bertz CT molecular complexity index is 490. The average Bonchev–Trinajstić information content (AvgIpc) is 2.32. The van der Waals surface area contributed by atoms with Crippen LogP contribution in [0.25, 0.3) is 0 Å². The van der Waals surface area contributed by atoms with Crippen molar-refractivity contribution in [2.45, 2.75) is 19.1 Å². The molecular formula is C11H9F2NO3. The van der Waals surface area contributed by atoms with Crippen LogP contribution in [-0.4, -0.2) is 24.2 Å². The third-order valence-corrected chi connectivity index (χ3v) is 2.53. The number of aldehydes is 1. The summed E-state index contributed by atoms with van der Waals surface area (Å²) >= 11 is 0. The van der Waals surface area contributed by atoms with E-state index in [1.165, 1.54) is 6.07 Å². The molecule has 1 aliphatic heterocycles. The normalized spacial score (nSPS) is 22.1. The molecule has 0 amide bonds. The number of hydrogen-bond donors (Lipinski definition) is 1. The first-order valence-electron chi connectivity index (χ1n) is 4.95. The molecule has 0 aliphatic carbocycles. The molecule has 4 nitrogen and oxygen atoms in total. The van der Waals surface area contributed by atoms with Crippen molar-refractivity contribution >= 4 is 17.8 Å². The number of fused-ring (bicyclic) bond motifs is 1. The van der Waals surface area contributed by atoms with Crippen LogP contribution in [0.1, 0.15) is 6.92 Å². The SMILES string of the molecule is CC1Nc2ccc(F)c(F)c2OC1C(=O)C=O. The van der Waals surface area contributed by atoms with Gasteiger partial charge in [-0.05, 0) is 19.1 Å². The Kier molecular flexibility index (Phi) is 2.79. The fourth-order valence-electron chi connectivity index (χ4n) is 1.68. The molecule has 1 aromatic rings. The second-order valence-electron chi connectivity index (χ2n) is 3.73. The predicted molar refractivity (Wildman–Crippen MR) is 54.9 cm³/mol. The smallest absolute Gasteiger partial charge is 0.237 e. The van der Waals surface area contributed by atoms with Gasteiger partial charge in [0.05, 0.1) is 11.7 Å². The van der Waals surface area contributed by atoms with Gasteiger partial charge in [-0.2, -0.15) is 4.39 Å². The van der Waals surface area contributed by atoms with Gasteiger partial charge in [0.1, 0.15) is 0 Å². The molecule has 0 bridgehead atoms. The van der Waals surface area contributed by atoms with Crippen LogP contribution in [0.3, 0.4) is 0 Å². The highest BCUT2D eigenvalue weighted by molar-refractivity contribution is 6.27. The number of Topliss-reactive ketones (excluding diaryl/α,β-unsaturated/α-hetero) is 1. The van der Waals surface area contributed by atoms with Crippen LogP contribution in [0.15, 0.2) is 12.1 Å². The monoisotopic (exact) mass is 241 g/mol. The summed E-state index contributed by atoms with van der Waals surface area (Å²) < 4.78 is 31.4. The molecule has 2 unspecified atom stereocenters. The van der Waals surface area contributed by atoms with Crippen LogP contribution in [0.2, 0.25) is 0 Å². The summed E-state index contributed by atoms with van der Waals surface area (Å²) in [5.41, 5.74) is 0.256. The number of rotatable bonds is 2. The van der Waals surface area contributed by atoms with E-state index in [2.05, 4.69) is 5.32 Å². The third kappa shape index (κ3) is 1.86. The van der Waals surface area contributed by atoms with Crippen LogP contribution in [0, 0.1) is 11.6 Å². The van der Waals surface area contributed by atoms with E-state index in [9.17, 15) is 18.4 Å². The number of ketones is 1. The summed E-state index contributed by atoms with van der Waals surface area (Å²) in [6.45, 7) is 1.61. The zero-order valence-electron chi connectivity index (χ0n) is 8.87. The first-order chi connectivity index (χ1) is 8.04. The number of nitrogens with one attached hydrogen (secondary N) is 1. The Labute approximate surface area is 95.6 Å². The maximum absolute atomic E-state index is 13.4. The summed E-state index contributed by atoms with van der Waals surface area (Å²) in [6.07, 6.45) is -1.04.